The van der Waals surface area contributed by atoms with Crippen molar-refractivity contribution < 1.29 is 0 Å². The number of allylic oxidation sites excluding steroid dienone is 1. The van der Waals surface area contributed by atoms with Crippen molar-refractivity contribution in [3.63, 3.8) is 0 Å². The van der Waals surface area contributed by atoms with Crippen LogP contribution in [0.1, 0.15) is 18.2 Å². The van der Waals surface area contributed by atoms with E-state index in [1.165, 1.54) is 0 Å². The highest BCUT2D eigenvalue weighted by Crippen LogP contribution is 2.29. The van der Waals surface area contributed by atoms with Gasteiger partial charge in [-0.15, -0.1) is 0 Å². The fourth-order valence-corrected chi connectivity index (χ4v) is 2.62. The molecule has 0 atom stereocenters. The summed E-state index contributed by atoms with van der Waals surface area (Å²) in [4.78, 5) is 8.74. The molecule has 2 aromatic carbocycles. The fraction of sp³-hybridized carbons (Fsp3) is 0.0476. The second-order valence-corrected chi connectivity index (χ2v) is 5.88. The molecule has 3 aromatic rings. The van der Waals surface area contributed by atoms with E-state index in [2.05, 4.69) is 35.3 Å². The van der Waals surface area contributed by atoms with Crippen molar-refractivity contribution in [1.29, 1.82) is 0 Å². The zero-order valence-corrected chi connectivity index (χ0v) is 14.2. The highest BCUT2D eigenvalue weighted by molar-refractivity contribution is 5.78. The Morgan fingerprint density at radius 3 is 1.88 bits per heavy atom. The van der Waals surface area contributed by atoms with Gasteiger partial charge in [0.25, 0.3) is 0 Å². The van der Waals surface area contributed by atoms with Gasteiger partial charge in [-0.25, -0.2) is 9.97 Å². The second kappa shape index (κ2) is 6.61. The van der Waals surface area contributed by atoms with Crippen LogP contribution >= 0.6 is 0 Å². The molecule has 0 bridgehead atoms. The molecule has 124 valence electrons. The lowest BCUT2D eigenvalue weighted by Gasteiger charge is -2.10. The summed E-state index contributed by atoms with van der Waals surface area (Å²) in [7, 11) is 0. The molecule has 0 aliphatic heterocycles. The summed E-state index contributed by atoms with van der Waals surface area (Å²) in [6, 6.07) is 16.2. The molecular formula is C21H20N4. The van der Waals surface area contributed by atoms with Crippen molar-refractivity contribution in [3.05, 3.63) is 72.9 Å². The van der Waals surface area contributed by atoms with Crippen LogP contribution in [0.25, 0.3) is 34.0 Å². The van der Waals surface area contributed by atoms with Gasteiger partial charge in [-0.1, -0.05) is 67.8 Å². The number of hydrogen-bond donors (Lipinski definition) is 2. The van der Waals surface area contributed by atoms with E-state index in [4.69, 9.17) is 11.5 Å². The SMILES string of the molecule is C=Cc1ccc(-c2ccc(-c3nc(N)c(C(=C)C)nc3N)cc2)cc1. The Balaban J connectivity index is 1.96. The second-order valence-electron chi connectivity index (χ2n) is 5.88. The topological polar surface area (TPSA) is 77.8 Å². The van der Waals surface area contributed by atoms with Gasteiger partial charge in [0.05, 0.1) is 0 Å². The monoisotopic (exact) mass is 328 g/mol. The Kier molecular flexibility index (Phi) is 4.35. The first kappa shape index (κ1) is 16.5. The first-order chi connectivity index (χ1) is 12.0. The van der Waals surface area contributed by atoms with Crippen molar-refractivity contribution >= 4 is 23.3 Å². The molecule has 25 heavy (non-hydrogen) atoms. The van der Waals surface area contributed by atoms with Crippen molar-refractivity contribution in [1.82, 2.24) is 9.97 Å². The first-order valence-corrected chi connectivity index (χ1v) is 7.91. The predicted octanol–water partition coefficient (Wildman–Crippen LogP) is 4.65. The van der Waals surface area contributed by atoms with Gasteiger partial charge in [0.1, 0.15) is 11.4 Å². The molecule has 0 fully saturated rings. The molecule has 0 saturated heterocycles. The van der Waals surface area contributed by atoms with Gasteiger partial charge in [-0.3, -0.25) is 0 Å². The van der Waals surface area contributed by atoms with Gasteiger partial charge in [0.15, 0.2) is 11.6 Å². The number of nitrogens with two attached hydrogens (primary N) is 2. The molecule has 4 heteroatoms. The third kappa shape index (κ3) is 3.28. The van der Waals surface area contributed by atoms with E-state index in [-0.39, 0.29) is 0 Å². The Morgan fingerprint density at radius 1 is 0.840 bits per heavy atom. The number of nitrogen functional groups attached to an aromatic ring is 2. The smallest absolute Gasteiger partial charge is 0.150 e. The van der Waals surface area contributed by atoms with E-state index < -0.39 is 0 Å². The summed E-state index contributed by atoms with van der Waals surface area (Å²) in [6.45, 7) is 9.44. The minimum Gasteiger partial charge on any atom is -0.382 e. The van der Waals surface area contributed by atoms with Gasteiger partial charge < -0.3 is 11.5 Å². The third-order valence-corrected chi connectivity index (χ3v) is 3.99. The number of benzene rings is 2. The van der Waals surface area contributed by atoms with Crippen molar-refractivity contribution in [2.24, 2.45) is 0 Å². The molecule has 3 rings (SSSR count). The van der Waals surface area contributed by atoms with Gasteiger partial charge in [-0.2, -0.15) is 0 Å². The number of aromatic nitrogens is 2. The molecular weight excluding hydrogens is 308 g/mol. The molecule has 0 saturated carbocycles. The number of nitrogens with zero attached hydrogens (tertiary/aromatic N) is 2. The lowest BCUT2D eigenvalue weighted by atomic mass is 10.0. The molecule has 0 amide bonds. The molecule has 0 aliphatic carbocycles. The van der Waals surface area contributed by atoms with E-state index >= 15 is 0 Å². The maximum absolute atomic E-state index is 6.06. The van der Waals surface area contributed by atoms with E-state index in [0.29, 0.717) is 23.0 Å². The number of rotatable bonds is 4. The average molecular weight is 328 g/mol. The average Bonchev–Trinajstić information content (AvgIpc) is 2.63. The summed E-state index contributed by atoms with van der Waals surface area (Å²) >= 11 is 0. The number of hydrogen-bond acceptors (Lipinski definition) is 4. The molecule has 0 spiro atoms. The maximum Gasteiger partial charge on any atom is 0.150 e. The van der Waals surface area contributed by atoms with Gasteiger partial charge >= 0.3 is 0 Å². The van der Waals surface area contributed by atoms with Gasteiger partial charge in [0, 0.05) is 5.56 Å². The van der Waals surface area contributed by atoms with Crippen LogP contribution in [0.4, 0.5) is 11.6 Å². The van der Waals surface area contributed by atoms with Crippen LogP contribution in [-0.2, 0) is 0 Å². The lowest BCUT2D eigenvalue weighted by molar-refractivity contribution is 1.19. The lowest BCUT2D eigenvalue weighted by Crippen LogP contribution is -2.05. The summed E-state index contributed by atoms with van der Waals surface area (Å²) in [5, 5.41) is 0. The summed E-state index contributed by atoms with van der Waals surface area (Å²) in [5.41, 5.74) is 18.1. The van der Waals surface area contributed by atoms with Gasteiger partial charge in [-0.05, 0) is 29.2 Å². The molecule has 0 unspecified atom stereocenters. The van der Waals surface area contributed by atoms with Crippen LogP contribution in [0.5, 0.6) is 0 Å². The molecule has 1 aromatic heterocycles. The fourth-order valence-electron chi connectivity index (χ4n) is 2.62. The molecule has 0 aliphatic rings. The van der Waals surface area contributed by atoms with Crippen LogP contribution in [0.2, 0.25) is 0 Å². The standard InChI is InChI=1S/C21H20N4/c1-4-14-5-7-15(8-6-14)16-9-11-17(12-10-16)19-21(23)24-18(13(2)3)20(22)25-19/h4-12H,1-2H2,3H3,(H2,22,25)(H2,23,24). The molecule has 4 nitrogen and oxygen atoms in total. The quantitative estimate of drug-likeness (QED) is 0.730. The van der Waals surface area contributed by atoms with E-state index in [1.54, 1.807) is 0 Å². The Labute approximate surface area is 147 Å². The molecule has 0 radical (unpaired) electrons. The van der Waals surface area contributed by atoms with Crippen molar-refractivity contribution in [2.75, 3.05) is 11.5 Å². The largest absolute Gasteiger partial charge is 0.382 e. The maximum atomic E-state index is 6.06. The first-order valence-electron chi connectivity index (χ1n) is 7.91. The molecule has 4 N–H and O–H groups in total. The summed E-state index contributed by atoms with van der Waals surface area (Å²) in [5.74, 6) is 0.677. The third-order valence-electron chi connectivity index (χ3n) is 3.99. The Bertz CT molecular complexity index is 939. The Hall–Kier alpha value is -3.40. The summed E-state index contributed by atoms with van der Waals surface area (Å²) in [6.07, 6.45) is 1.83. The van der Waals surface area contributed by atoms with Crippen LogP contribution in [0.15, 0.2) is 61.7 Å². The highest BCUT2D eigenvalue weighted by Gasteiger charge is 2.12. The van der Waals surface area contributed by atoms with E-state index in [0.717, 1.165) is 27.8 Å². The minimum atomic E-state index is 0.334. The van der Waals surface area contributed by atoms with Crippen LogP contribution < -0.4 is 11.5 Å². The van der Waals surface area contributed by atoms with Crippen LogP contribution in [-0.4, -0.2) is 9.97 Å². The van der Waals surface area contributed by atoms with Gasteiger partial charge in [0.2, 0.25) is 0 Å². The van der Waals surface area contributed by atoms with Crippen molar-refractivity contribution in [2.45, 2.75) is 6.92 Å². The Morgan fingerprint density at radius 2 is 1.36 bits per heavy atom. The minimum absolute atomic E-state index is 0.334. The van der Waals surface area contributed by atoms with Crippen LogP contribution in [0, 0.1) is 0 Å². The normalized spacial score (nSPS) is 10.4. The van der Waals surface area contributed by atoms with E-state index in [9.17, 15) is 0 Å². The molecule has 1 heterocycles. The zero-order valence-electron chi connectivity index (χ0n) is 14.2. The number of anilines is 2. The van der Waals surface area contributed by atoms with E-state index in [1.807, 2.05) is 49.4 Å². The predicted molar refractivity (Wildman–Crippen MR) is 107 cm³/mol. The zero-order chi connectivity index (χ0) is 18.0. The summed E-state index contributed by atoms with van der Waals surface area (Å²) < 4.78 is 0. The van der Waals surface area contributed by atoms with Crippen molar-refractivity contribution in [3.8, 4) is 22.4 Å². The van der Waals surface area contributed by atoms with Crippen LogP contribution in [0.3, 0.4) is 0 Å². The highest BCUT2D eigenvalue weighted by atomic mass is 15.0.